The number of methoxy groups -OCH3 is 1. The number of rotatable bonds is 12. The Bertz CT molecular complexity index is 1900. The first kappa shape index (κ1) is 41.3. The van der Waals surface area contributed by atoms with Crippen LogP contribution in [0.3, 0.4) is 0 Å². The maximum Gasteiger partial charge on any atom is 0.338 e. The molecule has 4 N–H and O–H groups in total. The summed E-state index contributed by atoms with van der Waals surface area (Å²) in [4.78, 5) is 40.1. The number of amides is 4. The van der Waals surface area contributed by atoms with Crippen molar-refractivity contribution in [1.29, 1.82) is 0 Å². The fraction of sp³-hybridized carbons (Fsp3) is 0.357. The van der Waals surface area contributed by atoms with Crippen LogP contribution in [0, 0.1) is 11.6 Å². The first-order valence-electron chi connectivity index (χ1n) is 19.0. The Balaban J connectivity index is 0.000000214. The lowest BCUT2D eigenvalue weighted by Gasteiger charge is -2.29. The van der Waals surface area contributed by atoms with E-state index in [1.54, 1.807) is 86.8 Å². The topological polar surface area (TPSA) is 134 Å². The van der Waals surface area contributed by atoms with Gasteiger partial charge in [0.05, 0.1) is 30.2 Å². The monoisotopic (exact) mass is 772 g/mol. The molecular weight excluding hydrogens is 722 g/mol. The smallest absolute Gasteiger partial charge is 0.338 e. The van der Waals surface area contributed by atoms with Gasteiger partial charge in [-0.3, -0.25) is 0 Å². The van der Waals surface area contributed by atoms with E-state index in [-0.39, 0.29) is 11.6 Å². The molecule has 4 amide bonds. The summed E-state index contributed by atoms with van der Waals surface area (Å²) < 4.78 is 44.3. The molecule has 298 valence electrons. The molecular formula is C42H50F2N6O6. The average Bonchev–Trinajstić information content (AvgIpc) is 3.19. The summed E-state index contributed by atoms with van der Waals surface area (Å²) >= 11 is 0. The van der Waals surface area contributed by atoms with E-state index in [1.807, 2.05) is 4.90 Å². The van der Waals surface area contributed by atoms with E-state index in [0.717, 1.165) is 51.9 Å². The molecule has 2 heterocycles. The van der Waals surface area contributed by atoms with Gasteiger partial charge in [0.2, 0.25) is 0 Å². The van der Waals surface area contributed by atoms with Gasteiger partial charge in [-0.05, 0) is 118 Å². The van der Waals surface area contributed by atoms with Crippen LogP contribution in [0.4, 0.5) is 52.5 Å². The zero-order valence-electron chi connectivity index (χ0n) is 31.9. The number of benzene rings is 4. The lowest BCUT2D eigenvalue weighted by molar-refractivity contribution is 0.0526. The summed E-state index contributed by atoms with van der Waals surface area (Å²) in [7, 11) is 1.60. The highest BCUT2D eigenvalue weighted by molar-refractivity contribution is 6.01. The standard InChI is InChI=1S/C21H26FN3O3.C21H24FN3O3/c1-27-12-13-28-18-7-5-6-16(14-18)23-21(26)24-17-8-9-20(19(22)15-17)25-10-3-2-4-11-25;1-2-28-20(26)15-6-8-16(9-7-15)23-21(27)24-17-10-11-19(18(22)14-17)25-12-4-3-5-13-25/h5-9,14-15H,2-4,10-13H2,1H3,(H2,23,24,26);6-11,14H,2-5,12-13H2,1H3,(H2,23,24,27). The van der Waals surface area contributed by atoms with Crippen molar-refractivity contribution in [3.8, 4) is 5.75 Å². The van der Waals surface area contributed by atoms with Gasteiger partial charge in [0.1, 0.15) is 24.0 Å². The van der Waals surface area contributed by atoms with Gasteiger partial charge < -0.3 is 45.3 Å². The van der Waals surface area contributed by atoms with Gasteiger partial charge in [-0.2, -0.15) is 0 Å². The van der Waals surface area contributed by atoms with Crippen molar-refractivity contribution in [2.75, 3.05) is 84.2 Å². The molecule has 14 heteroatoms. The lowest BCUT2D eigenvalue weighted by atomic mass is 10.1. The number of urea groups is 2. The maximum absolute atomic E-state index is 14.5. The van der Waals surface area contributed by atoms with Crippen LogP contribution < -0.4 is 35.8 Å². The molecule has 0 unspecified atom stereocenters. The van der Waals surface area contributed by atoms with Crippen molar-refractivity contribution < 1.29 is 37.4 Å². The number of nitrogens with one attached hydrogen (secondary N) is 4. The molecule has 0 aromatic heterocycles. The molecule has 0 radical (unpaired) electrons. The van der Waals surface area contributed by atoms with Gasteiger partial charge in [0.25, 0.3) is 0 Å². The van der Waals surface area contributed by atoms with Crippen molar-refractivity contribution in [2.24, 2.45) is 0 Å². The third-order valence-electron chi connectivity index (χ3n) is 9.11. The first-order valence-corrected chi connectivity index (χ1v) is 19.0. The Morgan fingerprint density at radius 1 is 0.607 bits per heavy atom. The summed E-state index contributed by atoms with van der Waals surface area (Å²) in [6, 6.07) is 22.0. The molecule has 0 bridgehead atoms. The number of carbonyl (C=O) groups is 3. The zero-order valence-corrected chi connectivity index (χ0v) is 31.9. The Morgan fingerprint density at radius 2 is 1.09 bits per heavy atom. The summed E-state index contributed by atoms with van der Waals surface area (Å²) in [5, 5.41) is 10.7. The predicted molar refractivity (Wildman–Crippen MR) is 216 cm³/mol. The summed E-state index contributed by atoms with van der Waals surface area (Å²) in [6.07, 6.45) is 6.66. The second-order valence-corrected chi connectivity index (χ2v) is 13.3. The number of nitrogens with zero attached hydrogens (tertiary/aromatic N) is 2. The Morgan fingerprint density at radius 3 is 1.57 bits per heavy atom. The van der Waals surface area contributed by atoms with E-state index < -0.39 is 18.0 Å². The number of ether oxygens (including phenoxy) is 3. The quantitative estimate of drug-likeness (QED) is 0.0828. The number of carbonyl (C=O) groups excluding carboxylic acids is 3. The van der Waals surface area contributed by atoms with Crippen molar-refractivity contribution in [3.63, 3.8) is 0 Å². The minimum Gasteiger partial charge on any atom is -0.491 e. The highest BCUT2D eigenvalue weighted by Gasteiger charge is 2.17. The maximum atomic E-state index is 14.5. The zero-order chi connectivity index (χ0) is 39.7. The normalized spacial score (nSPS) is 13.8. The van der Waals surface area contributed by atoms with Gasteiger partial charge in [-0.25, -0.2) is 23.2 Å². The van der Waals surface area contributed by atoms with E-state index in [9.17, 15) is 23.2 Å². The van der Waals surface area contributed by atoms with Gasteiger partial charge in [-0.15, -0.1) is 0 Å². The third-order valence-corrected chi connectivity index (χ3v) is 9.11. The fourth-order valence-electron chi connectivity index (χ4n) is 6.35. The second kappa shape index (κ2) is 21.3. The van der Waals surface area contributed by atoms with Crippen LogP contribution in [0.5, 0.6) is 5.75 Å². The molecule has 6 rings (SSSR count). The second-order valence-electron chi connectivity index (χ2n) is 13.3. The van der Waals surface area contributed by atoms with Crippen LogP contribution in [0.1, 0.15) is 55.8 Å². The summed E-state index contributed by atoms with van der Waals surface area (Å²) in [5.41, 5.74) is 3.44. The Hall–Kier alpha value is -5.89. The molecule has 2 aliphatic rings. The SMILES string of the molecule is CCOC(=O)c1ccc(NC(=O)Nc2ccc(N3CCCCC3)c(F)c2)cc1.COCCOc1cccc(NC(=O)Nc2ccc(N3CCCCC3)c(F)c2)c1. The predicted octanol–water partition coefficient (Wildman–Crippen LogP) is 9.12. The Kier molecular flexibility index (Phi) is 15.7. The number of hydrogen-bond acceptors (Lipinski definition) is 8. The minimum absolute atomic E-state index is 0.300. The molecule has 2 aliphatic heterocycles. The first-order chi connectivity index (χ1) is 27.2. The highest BCUT2D eigenvalue weighted by Crippen LogP contribution is 2.27. The van der Waals surface area contributed by atoms with Crippen molar-refractivity contribution in [2.45, 2.75) is 45.4 Å². The van der Waals surface area contributed by atoms with Crippen molar-refractivity contribution in [1.82, 2.24) is 0 Å². The van der Waals surface area contributed by atoms with Crippen LogP contribution >= 0.6 is 0 Å². The summed E-state index contributed by atoms with van der Waals surface area (Å²) in [6.45, 7) is 6.39. The minimum atomic E-state index is -0.492. The van der Waals surface area contributed by atoms with Crippen molar-refractivity contribution in [3.05, 3.63) is 102 Å². The fourth-order valence-corrected chi connectivity index (χ4v) is 6.35. The highest BCUT2D eigenvalue weighted by atomic mass is 19.1. The number of halogens is 2. The van der Waals surface area contributed by atoms with Gasteiger partial charge in [-0.1, -0.05) is 6.07 Å². The molecule has 4 aromatic carbocycles. The molecule has 4 aromatic rings. The van der Waals surface area contributed by atoms with E-state index in [2.05, 4.69) is 26.2 Å². The van der Waals surface area contributed by atoms with Crippen LogP contribution in [0.15, 0.2) is 84.9 Å². The lowest BCUT2D eigenvalue weighted by Crippen LogP contribution is -2.30. The molecule has 12 nitrogen and oxygen atoms in total. The molecule has 2 fully saturated rings. The molecule has 2 saturated heterocycles. The molecule has 0 saturated carbocycles. The van der Waals surface area contributed by atoms with E-state index in [1.165, 1.54) is 25.0 Å². The van der Waals surface area contributed by atoms with Gasteiger partial charge in [0.15, 0.2) is 0 Å². The molecule has 0 spiro atoms. The Labute approximate surface area is 326 Å². The number of piperidine rings is 2. The number of hydrogen-bond donors (Lipinski definition) is 4. The number of esters is 1. The number of anilines is 6. The largest absolute Gasteiger partial charge is 0.491 e. The molecule has 56 heavy (non-hydrogen) atoms. The summed E-state index contributed by atoms with van der Waals surface area (Å²) in [5.74, 6) is -0.457. The third kappa shape index (κ3) is 12.6. The van der Waals surface area contributed by atoms with Crippen LogP contribution in [0.2, 0.25) is 0 Å². The molecule has 0 aliphatic carbocycles. The van der Waals surface area contributed by atoms with Crippen LogP contribution in [-0.4, -0.2) is 71.1 Å². The van der Waals surface area contributed by atoms with Crippen molar-refractivity contribution >= 4 is 52.2 Å². The van der Waals surface area contributed by atoms with Crippen LogP contribution in [-0.2, 0) is 9.47 Å². The van der Waals surface area contributed by atoms with Gasteiger partial charge in [0, 0.05) is 62.1 Å². The van der Waals surface area contributed by atoms with E-state index in [4.69, 9.17) is 14.2 Å². The molecule has 0 atom stereocenters. The van der Waals surface area contributed by atoms with Crippen LogP contribution in [0.25, 0.3) is 0 Å². The average molecular weight is 773 g/mol. The van der Waals surface area contributed by atoms with Gasteiger partial charge >= 0.3 is 18.0 Å². The van der Waals surface area contributed by atoms with E-state index in [0.29, 0.717) is 65.3 Å². The van der Waals surface area contributed by atoms with E-state index >= 15 is 0 Å².